The molecule has 2 aromatic rings. The Balaban J connectivity index is 2.09. The lowest BCUT2D eigenvalue weighted by molar-refractivity contribution is -0.387. The van der Waals surface area contributed by atoms with Crippen LogP contribution in [0.4, 0.5) is 5.69 Å². The summed E-state index contributed by atoms with van der Waals surface area (Å²) in [5.74, 6) is 0. The fourth-order valence-electron chi connectivity index (χ4n) is 1.83. The number of nitrogens with zero attached hydrogens (tertiary/aromatic N) is 1. The highest BCUT2D eigenvalue weighted by Gasteiger charge is 2.24. The van der Waals surface area contributed by atoms with Crippen LogP contribution in [0.1, 0.15) is 5.56 Å². The maximum absolute atomic E-state index is 12.1. The Labute approximate surface area is 128 Å². The van der Waals surface area contributed by atoms with Crippen molar-refractivity contribution >= 4 is 21.8 Å². The van der Waals surface area contributed by atoms with E-state index in [4.69, 9.17) is 0 Å². The zero-order chi connectivity index (χ0) is 16.0. The van der Waals surface area contributed by atoms with E-state index in [9.17, 15) is 18.5 Å². The van der Waals surface area contributed by atoms with Crippen LogP contribution < -0.4 is 4.72 Å². The van der Waals surface area contributed by atoms with Crippen molar-refractivity contribution in [3.63, 3.8) is 0 Å². The lowest BCUT2D eigenvalue weighted by Crippen LogP contribution is -2.24. The summed E-state index contributed by atoms with van der Waals surface area (Å²) in [4.78, 5) is 9.83. The molecule has 0 unspecified atom stereocenters. The molecule has 0 spiro atoms. The first kappa shape index (κ1) is 15.9. The molecule has 0 aromatic heterocycles. The van der Waals surface area contributed by atoms with Crippen LogP contribution >= 0.6 is 0 Å². The quantitative estimate of drug-likeness (QED) is 0.655. The number of para-hydroxylation sites is 1. The SMILES string of the molecule is O=[N+]([O-])c1ccccc1S(=O)(=O)NC/C=C/c1ccccc1. The van der Waals surface area contributed by atoms with Gasteiger partial charge < -0.3 is 0 Å². The summed E-state index contributed by atoms with van der Waals surface area (Å²) in [7, 11) is -3.93. The molecule has 0 aliphatic carbocycles. The third-order valence-electron chi connectivity index (χ3n) is 2.85. The molecule has 2 aromatic carbocycles. The summed E-state index contributed by atoms with van der Waals surface area (Å²) in [6.45, 7) is 0.0449. The Morgan fingerprint density at radius 2 is 1.68 bits per heavy atom. The summed E-state index contributed by atoms with van der Waals surface area (Å²) in [6.07, 6.45) is 3.41. The minimum Gasteiger partial charge on any atom is -0.258 e. The molecular weight excluding hydrogens is 304 g/mol. The van der Waals surface area contributed by atoms with Crippen LogP contribution in [0.5, 0.6) is 0 Å². The summed E-state index contributed by atoms with van der Waals surface area (Å²) in [6, 6.07) is 14.6. The van der Waals surface area contributed by atoms with Gasteiger partial charge in [0.2, 0.25) is 10.0 Å². The lowest BCUT2D eigenvalue weighted by atomic mass is 10.2. The van der Waals surface area contributed by atoms with Gasteiger partial charge in [0.15, 0.2) is 4.90 Å². The second kappa shape index (κ2) is 6.97. The van der Waals surface area contributed by atoms with Crippen LogP contribution in [-0.2, 0) is 10.0 Å². The standard InChI is InChI=1S/C15H14N2O4S/c18-17(19)14-10-4-5-11-15(14)22(20,21)16-12-6-9-13-7-2-1-3-8-13/h1-11,16H,12H2/b9-6+. The first-order chi connectivity index (χ1) is 10.5. The first-order valence-electron chi connectivity index (χ1n) is 6.45. The first-order valence-corrected chi connectivity index (χ1v) is 7.94. The van der Waals surface area contributed by atoms with E-state index in [1.54, 1.807) is 12.2 Å². The lowest BCUT2D eigenvalue weighted by Gasteiger charge is -2.05. The van der Waals surface area contributed by atoms with E-state index in [-0.39, 0.29) is 11.4 Å². The van der Waals surface area contributed by atoms with E-state index in [0.717, 1.165) is 11.6 Å². The van der Waals surface area contributed by atoms with Crippen molar-refractivity contribution in [3.05, 3.63) is 76.4 Å². The maximum Gasteiger partial charge on any atom is 0.289 e. The van der Waals surface area contributed by atoms with Gasteiger partial charge in [0, 0.05) is 12.6 Å². The van der Waals surface area contributed by atoms with Crippen LogP contribution in [0.3, 0.4) is 0 Å². The average molecular weight is 318 g/mol. The zero-order valence-electron chi connectivity index (χ0n) is 11.5. The summed E-state index contributed by atoms with van der Waals surface area (Å²) >= 11 is 0. The van der Waals surface area contributed by atoms with E-state index in [0.29, 0.717) is 0 Å². The topological polar surface area (TPSA) is 89.3 Å². The number of sulfonamides is 1. The Kier molecular flexibility index (Phi) is 5.03. The van der Waals surface area contributed by atoms with Crippen LogP contribution in [0.2, 0.25) is 0 Å². The molecule has 6 nitrogen and oxygen atoms in total. The van der Waals surface area contributed by atoms with Gasteiger partial charge in [-0.15, -0.1) is 0 Å². The van der Waals surface area contributed by atoms with Crippen LogP contribution in [0.15, 0.2) is 65.6 Å². The fraction of sp³-hybridized carbons (Fsp3) is 0.0667. The third kappa shape index (κ3) is 4.00. The molecule has 0 radical (unpaired) electrons. The minimum atomic E-state index is -3.93. The predicted molar refractivity (Wildman–Crippen MR) is 83.8 cm³/mol. The van der Waals surface area contributed by atoms with Crippen molar-refractivity contribution < 1.29 is 13.3 Å². The van der Waals surface area contributed by atoms with Crippen molar-refractivity contribution in [1.82, 2.24) is 4.72 Å². The van der Waals surface area contributed by atoms with Crippen molar-refractivity contribution in [1.29, 1.82) is 0 Å². The third-order valence-corrected chi connectivity index (χ3v) is 4.32. The molecule has 7 heteroatoms. The molecule has 0 aliphatic rings. The average Bonchev–Trinajstić information content (AvgIpc) is 2.52. The Morgan fingerprint density at radius 1 is 1.05 bits per heavy atom. The van der Waals surface area contributed by atoms with Gasteiger partial charge in [-0.2, -0.15) is 0 Å². The van der Waals surface area contributed by atoms with Crippen LogP contribution in [0, 0.1) is 10.1 Å². The van der Waals surface area contributed by atoms with Crippen LogP contribution in [0.25, 0.3) is 6.08 Å². The van der Waals surface area contributed by atoms with Crippen molar-refractivity contribution in [2.75, 3.05) is 6.54 Å². The Bertz CT molecular complexity index is 786. The van der Waals surface area contributed by atoms with E-state index in [1.807, 2.05) is 30.3 Å². The molecule has 0 amide bonds. The minimum absolute atomic E-state index is 0.0449. The summed E-state index contributed by atoms with van der Waals surface area (Å²) in [5.41, 5.74) is 0.495. The molecule has 0 fully saturated rings. The monoisotopic (exact) mass is 318 g/mol. The molecular formula is C15H14N2O4S. The molecule has 1 N–H and O–H groups in total. The van der Waals surface area contributed by atoms with E-state index >= 15 is 0 Å². The highest BCUT2D eigenvalue weighted by molar-refractivity contribution is 7.89. The molecule has 0 heterocycles. The number of rotatable bonds is 6. The molecule has 0 saturated heterocycles. The molecule has 114 valence electrons. The fourth-order valence-corrected chi connectivity index (χ4v) is 2.98. The smallest absolute Gasteiger partial charge is 0.258 e. The maximum atomic E-state index is 12.1. The zero-order valence-corrected chi connectivity index (χ0v) is 12.4. The molecule has 0 saturated carbocycles. The van der Waals surface area contributed by atoms with Crippen LogP contribution in [-0.4, -0.2) is 19.9 Å². The largest absolute Gasteiger partial charge is 0.289 e. The number of nitro groups is 1. The molecule has 0 bridgehead atoms. The van der Waals surface area contributed by atoms with Gasteiger partial charge in [0.25, 0.3) is 5.69 Å². The second-order valence-electron chi connectivity index (χ2n) is 4.39. The van der Waals surface area contributed by atoms with Gasteiger partial charge in [-0.05, 0) is 11.6 Å². The van der Waals surface area contributed by atoms with Gasteiger partial charge in [-0.1, -0.05) is 54.6 Å². The highest BCUT2D eigenvalue weighted by atomic mass is 32.2. The van der Waals surface area contributed by atoms with Gasteiger partial charge in [-0.25, -0.2) is 13.1 Å². The number of hydrogen-bond donors (Lipinski definition) is 1. The van der Waals surface area contributed by atoms with Crippen molar-refractivity contribution in [3.8, 4) is 0 Å². The highest BCUT2D eigenvalue weighted by Crippen LogP contribution is 2.22. The van der Waals surface area contributed by atoms with Crippen molar-refractivity contribution in [2.45, 2.75) is 4.90 Å². The summed E-state index contributed by atoms with van der Waals surface area (Å²) < 4.78 is 26.6. The van der Waals surface area contributed by atoms with Crippen molar-refractivity contribution in [2.24, 2.45) is 0 Å². The number of nitrogens with one attached hydrogen (secondary N) is 1. The number of benzene rings is 2. The molecule has 22 heavy (non-hydrogen) atoms. The van der Waals surface area contributed by atoms with Gasteiger partial charge in [-0.3, -0.25) is 10.1 Å². The van der Waals surface area contributed by atoms with E-state index in [1.165, 1.54) is 18.2 Å². The molecule has 0 aliphatic heterocycles. The number of nitro benzene ring substituents is 1. The molecule has 0 atom stereocenters. The molecule has 2 rings (SSSR count). The van der Waals surface area contributed by atoms with Gasteiger partial charge in [0.1, 0.15) is 0 Å². The Hall–Kier alpha value is -2.51. The van der Waals surface area contributed by atoms with Gasteiger partial charge in [0.05, 0.1) is 4.92 Å². The van der Waals surface area contributed by atoms with E-state index < -0.39 is 20.6 Å². The second-order valence-corrected chi connectivity index (χ2v) is 6.13. The Morgan fingerprint density at radius 3 is 2.36 bits per heavy atom. The normalized spacial score (nSPS) is 11.6. The van der Waals surface area contributed by atoms with E-state index in [2.05, 4.69) is 4.72 Å². The number of hydrogen-bond acceptors (Lipinski definition) is 4. The van der Waals surface area contributed by atoms with Gasteiger partial charge >= 0.3 is 0 Å². The predicted octanol–water partition coefficient (Wildman–Crippen LogP) is 2.59. The summed E-state index contributed by atoms with van der Waals surface area (Å²) in [5, 5.41) is 10.9.